The summed E-state index contributed by atoms with van der Waals surface area (Å²) in [6.07, 6.45) is 3.37. The maximum Gasteiger partial charge on any atom is 0.283 e. The van der Waals surface area contributed by atoms with Crippen molar-refractivity contribution in [2.45, 2.75) is 36.7 Å². The molecule has 7 heteroatoms. The summed E-state index contributed by atoms with van der Waals surface area (Å²) < 4.78 is 2.44. The fourth-order valence-corrected chi connectivity index (χ4v) is 3.18. The molecule has 0 spiro atoms. The van der Waals surface area contributed by atoms with E-state index < -0.39 is 0 Å². The van der Waals surface area contributed by atoms with Gasteiger partial charge >= 0.3 is 0 Å². The first-order valence-corrected chi connectivity index (χ1v) is 7.23. The second kappa shape index (κ2) is 5.62. The molecule has 96 valence electrons. The van der Waals surface area contributed by atoms with Crippen molar-refractivity contribution in [2.75, 3.05) is 0 Å². The molecule has 0 atom stereocenters. The van der Waals surface area contributed by atoms with Crippen LogP contribution in [0.3, 0.4) is 0 Å². The van der Waals surface area contributed by atoms with Gasteiger partial charge in [0.2, 0.25) is 0 Å². The molecule has 0 bridgehead atoms. The van der Waals surface area contributed by atoms with Crippen molar-refractivity contribution in [2.24, 2.45) is 5.92 Å². The second-order valence-corrected chi connectivity index (χ2v) is 6.69. The molecule has 0 saturated carbocycles. The Hall–Kier alpha value is -1.21. The molecule has 2 aromatic heterocycles. The molecule has 2 heterocycles. The lowest BCUT2D eigenvalue weighted by atomic mass is 10.2. The minimum Gasteiger partial charge on any atom is -0.311 e. The number of hydrogen-bond donors (Lipinski definition) is 0. The molecule has 2 rings (SSSR count). The topological polar surface area (TPSA) is 60.7 Å². The minimum atomic E-state index is -0.0657. The molecule has 0 aromatic carbocycles. The quantitative estimate of drug-likeness (QED) is 0.860. The molecule has 0 N–H and O–H groups in total. The van der Waals surface area contributed by atoms with Crippen LogP contribution in [0.15, 0.2) is 26.6 Å². The van der Waals surface area contributed by atoms with Crippen LogP contribution in [-0.2, 0) is 6.54 Å². The third kappa shape index (κ3) is 3.17. The highest BCUT2D eigenvalue weighted by molar-refractivity contribution is 8.00. The van der Waals surface area contributed by atoms with Gasteiger partial charge in [0.25, 0.3) is 5.56 Å². The first-order valence-electron chi connectivity index (χ1n) is 5.59. The number of aromatic nitrogens is 4. The molecule has 0 unspecified atom stereocenters. The van der Waals surface area contributed by atoms with E-state index in [4.69, 9.17) is 0 Å². The highest BCUT2D eigenvalue weighted by Gasteiger charge is 2.10. The summed E-state index contributed by atoms with van der Waals surface area (Å²) in [4.78, 5) is 16.3. The van der Waals surface area contributed by atoms with Crippen LogP contribution in [0.25, 0.3) is 0 Å². The van der Waals surface area contributed by atoms with E-state index in [9.17, 15) is 4.79 Å². The molecule has 5 nitrogen and oxygen atoms in total. The molecule has 0 aliphatic heterocycles. The predicted octanol–water partition coefficient (Wildman–Crippen LogP) is 2.21. The third-order valence-electron chi connectivity index (χ3n) is 2.14. The summed E-state index contributed by atoms with van der Waals surface area (Å²) in [5.41, 5.74) is -0.0657. The van der Waals surface area contributed by atoms with Gasteiger partial charge in [0.1, 0.15) is 5.01 Å². The number of rotatable bonds is 4. The summed E-state index contributed by atoms with van der Waals surface area (Å²) >= 11 is 2.74. The summed E-state index contributed by atoms with van der Waals surface area (Å²) in [7, 11) is 0. The van der Waals surface area contributed by atoms with Crippen molar-refractivity contribution >= 4 is 23.1 Å². The average Bonchev–Trinajstić information content (AvgIpc) is 2.69. The van der Waals surface area contributed by atoms with Crippen LogP contribution < -0.4 is 5.56 Å². The maximum absolute atomic E-state index is 12.2. The van der Waals surface area contributed by atoms with Gasteiger partial charge in [0.15, 0.2) is 9.37 Å². The lowest BCUT2D eigenvalue weighted by Gasteiger charge is -2.08. The zero-order chi connectivity index (χ0) is 13.1. The van der Waals surface area contributed by atoms with Crippen molar-refractivity contribution in [3.05, 3.63) is 27.8 Å². The first-order chi connectivity index (χ1) is 8.56. The lowest BCUT2D eigenvalue weighted by molar-refractivity contribution is 0.502. The number of aryl methyl sites for hydroxylation is 1. The van der Waals surface area contributed by atoms with Gasteiger partial charge in [-0.05, 0) is 24.6 Å². The van der Waals surface area contributed by atoms with E-state index >= 15 is 0 Å². The summed E-state index contributed by atoms with van der Waals surface area (Å²) in [6, 6.07) is 0. The largest absolute Gasteiger partial charge is 0.311 e. The Kier molecular flexibility index (Phi) is 4.13. The number of hydrogen-bond acceptors (Lipinski definition) is 6. The van der Waals surface area contributed by atoms with Crippen LogP contribution in [0.4, 0.5) is 0 Å². The summed E-state index contributed by atoms with van der Waals surface area (Å²) in [6.45, 7) is 6.74. The Morgan fingerprint density at radius 2 is 2.22 bits per heavy atom. The van der Waals surface area contributed by atoms with E-state index in [1.54, 1.807) is 17.0 Å². The first kappa shape index (κ1) is 13.2. The van der Waals surface area contributed by atoms with E-state index in [1.807, 2.05) is 6.92 Å². The van der Waals surface area contributed by atoms with Crippen LogP contribution >= 0.6 is 23.1 Å². The van der Waals surface area contributed by atoms with Crippen molar-refractivity contribution in [3.63, 3.8) is 0 Å². The zero-order valence-electron chi connectivity index (χ0n) is 10.5. The smallest absolute Gasteiger partial charge is 0.283 e. The van der Waals surface area contributed by atoms with Gasteiger partial charge in [0, 0.05) is 18.9 Å². The molecular weight excluding hydrogens is 268 g/mol. The Labute approximate surface area is 113 Å². The van der Waals surface area contributed by atoms with Crippen molar-refractivity contribution in [1.29, 1.82) is 0 Å². The molecule has 18 heavy (non-hydrogen) atoms. The molecule has 0 radical (unpaired) electrons. The van der Waals surface area contributed by atoms with Crippen LogP contribution in [0.1, 0.15) is 18.9 Å². The standard InChI is InChI=1S/C11H14N4OS2/c1-7(2)6-15-5-4-12-9(10(15)16)18-11-14-13-8(3)17-11/h4-5,7H,6H2,1-3H3. The Bertz CT molecular complexity index is 591. The van der Waals surface area contributed by atoms with Crippen molar-refractivity contribution in [3.8, 4) is 0 Å². The minimum absolute atomic E-state index is 0.0657. The van der Waals surface area contributed by atoms with E-state index in [0.717, 1.165) is 9.35 Å². The molecule has 2 aromatic rings. The Balaban J connectivity index is 2.26. The summed E-state index contributed by atoms with van der Waals surface area (Å²) in [5, 5.41) is 9.25. The molecule has 0 fully saturated rings. The molecule has 0 aliphatic rings. The fourth-order valence-electron chi connectivity index (χ4n) is 1.44. The van der Waals surface area contributed by atoms with Gasteiger partial charge < -0.3 is 4.57 Å². The van der Waals surface area contributed by atoms with Crippen molar-refractivity contribution < 1.29 is 0 Å². The SMILES string of the molecule is Cc1nnc(Sc2nccn(CC(C)C)c2=O)s1. The highest BCUT2D eigenvalue weighted by Crippen LogP contribution is 2.26. The van der Waals surface area contributed by atoms with Crippen LogP contribution in [0.5, 0.6) is 0 Å². The van der Waals surface area contributed by atoms with Gasteiger partial charge in [-0.1, -0.05) is 25.2 Å². The van der Waals surface area contributed by atoms with Gasteiger partial charge in [0.05, 0.1) is 0 Å². The normalized spacial score (nSPS) is 11.1. The summed E-state index contributed by atoms with van der Waals surface area (Å²) in [5.74, 6) is 0.423. The van der Waals surface area contributed by atoms with Crippen LogP contribution in [0.2, 0.25) is 0 Å². The molecule has 0 aliphatic carbocycles. The van der Waals surface area contributed by atoms with E-state index in [-0.39, 0.29) is 5.56 Å². The van der Waals surface area contributed by atoms with Crippen LogP contribution in [0, 0.1) is 12.8 Å². The lowest BCUT2D eigenvalue weighted by Crippen LogP contribution is -2.23. The molecular formula is C11H14N4OS2. The van der Waals surface area contributed by atoms with Gasteiger partial charge in [-0.2, -0.15) is 0 Å². The molecule has 0 amide bonds. The Morgan fingerprint density at radius 1 is 1.44 bits per heavy atom. The van der Waals surface area contributed by atoms with Crippen LogP contribution in [-0.4, -0.2) is 19.7 Å². The maximum atomic E-state index is 12.2. The van der Waals surface area contributed by atoms with Gasteiger partial charge in [-0.15, -0.1) is 10.2 Å². The monoisotopic (exact) mass is 282 g/mol. The second-order valence-electron chi connectivity index (χ2n) is 4.27. The highest BCUT2D eigenvalue weighted by atomic mass is 32.2. The Morgan fingerprint density at radius 3 is 2.83 bits per heavy atom. The third-order valence-corrected chi connectivity index (χ3v) is 4.00. The van der Waals surface area contributed by atoms with Gasteiger partial charge in [-0.25, -0.2) is 4.98 Å². The average molecular weight is 282 g/mol. The van der Waals surface area contributed by atoms with Gasteiger partial charge in [-0.3, -0.25) is 4.79 Å². The zero-order valence-corrected chi connectivity index (χ0v) is 12.1. The van der Waals surface area contributed by atoms with E-state index in [0.29, 0.717) is 17.5 Å². The van der Waals surface area contributed by atoms with E-state index in [1.165, 1.54) is 23.1 Å². The fraction of sp³-hybridized carbons (Fsp3) is 0.455. The van der Waals surface area contributed by atoms with E-state index in [2.05, 4.69) is 29.0 Å². The predicted molar refractivity (Wildman–Crippen MR) is 72.1 cm³/mol. The molecule has 0 saturated heterocycles. The number of nitrogens with zero attached hydrogens (tertiary/aromatic N) is 4. The van der Waals surface area contributed by atoms with Crippen molar-refractivity contribution in [1.82, 2.24) is 19.7 Å².